The van der Waals surface area contributed by atoms with Crippen molar-refractivity contribution in [3.63, 3.8) is 0 Å². The first-order valence-electron chi connectivity index (χ1n) is 16.2. The molecule has 0 saturated carbocycles. The number of fused-ring (bicyclic) bond motifs is 6. The third-order valence-electron chi connectivity index (χ3n) is 8.93. The van der Waals surface area contributed by atoms with E-state index in [0.29, 0.717) is 0 Å². The molecule has 9 aromatic rings. The Hall–Kier alpha value is -6.39. The topological polar surface area (TPSA) is 45.6 Å². The molecule has 0 fully saturated rings. The number of anilines is 2. The number of nitrogens with one attached hydrogen (secondary N) is 2. The minimum Gasteiger partial charge on any atom is -0.355 e. The number of para-hydroxylation sites is 2. The molecule has 0 spiro atoms. The molecule has 0 radical (unpaired) electrons. The molecule has 0 aliphatic heterocycles. The second-order valence-corrected chi connectivity index (χ2v) is 12.0. The van der Waals surface area contributed by atoms with Crippen LogP contribution in [-0.4, -0.2) is 14.8 Å². The summed E-state index contributed by atoms with van der Waals surface area (Å²) in [5.41, 5.74) is 11.3. The smallest absolute Gasteiger partial charge is 0.0999 e. The van der Waals surface area contributed by atoms with Crippen LogP contribution in [0, 0.1) is 6.92 Å². The fraction of sp³-hybridized carbons (Fsp3) is 0.0227. The first kappa shape index (κ1) is 29.0. The zero-order chi connectivity index (χ0) is 32.5. The maximum atomic E-state index is 4.34. The van der Waals surface area contributed by atoms with Gasteiger partial charge in [0, 0.05) is 44.3 Å². The Morgan fingerprint density at radius 2 is 1.27 bits per heavy atom. The lowest BCUT2D eigenvalue weighted by Crippen LogP contribution is -1.96. The van der Waals surface area contributed by atoms with E-state index in [9.17, 15) is 0 Å². The van der Waals surface area contributed by atoms with Gasteiger partial charge in [-0.3, -0.25) is 5.10 Å². The molecule has 0 unspecified atom stereocenters. The number of aromatic nitrogens is 3. The van der Waals surface area contributed by atoms with Crippen LogP contribution in [0.15, 0.2) is 164 Å². The number of benzene rings is 7. The minimum atomic E-state index is 1.02. The molecule has 2 heterocycles. The van der Waals surface area contributed by atoms with E-state index in [1.807, 2.05) is 60.7 Å². The molecule has 4 heteroatoms. The quantitative estimate of drug-likeness (QED) is 0.202. The predicted octanol–water partition coefficient (Wildman–Crippen LogP) is 11.9. The van der Waals surface area contributed by atoms with Crippen LogP contribution in [0.3, 0.4) is 0 Å². The van der Waals surface area contributed by atoms with Gasteiger partial charge in [-0.1, -0.05) is 127 Å². The Morgan fingerprint density at radius 1 is 0.625 bits per heavy atom. The molecule has 0 amide bonds. The normalized spacial score (nSPS) is 11.1. The standard InChI is InChI=1S/C31H24N2.C13H10N2/c1-3-25-27(32-23-10-5-4-6-11-23)18-20-29-30(25)31-26-12-8-7-9-22(26)15-19-28(31)33(29)24-16-13-21(2)14-17-24;1-2-6-10(7-3-1)13-11-8-4-5-9-12(11)14-15-13/h3-20,32H,1H2,2H3;1-9H,(H,14,15). The van der Waals surface area contributed by atoms with Gasteiger partial charge in [0.15, 0.2) is 0 Å². The highest BCUT2D eigenvalue weighted by molar-refractivity contribution is 6.24. The summed E-state index contributed by atoms with van der Waals surface area (Å²) in [5.74, 6) is 0. The summed E-state index contributed by atoms with van der Waals surface area (Å²) >= 11 is 0. The summed E-state index contributed by atoms with van der Waals surface area (Å²) in [5, 5.41) is 17.1. The number of aromatic amines is 1. The lowest BCUT2D eigenvalue weighted by Gasteiger charge is -2.13. The highest BCUT2D eigenvalue weighted by atomic mass is 15.1. The van der Waals surface area contributed by atoms with E-state index >= 15 is 0 Å². The van der Waals surface area contributed by atoms with Crippen molar-refractivity contribution in [2.75, 3.05) is 5.32 Å². The van der Waals surface area contributed by atoms with Gasteiger partial charge >= 0.3 is 0 Å². The fourth-order valence-electron chi connectivity index (χ4n) is 6.65. The van der Waals surface area contributed by atoms with E-state index in [2.05, 4.69) is 137 Å². The molecule has 0 aliphatic rings. The molecule has 7 aromatic carbocycles. The fourth-order valence-corrected chi connectivity index (χ4v) is 6.65. The molecule has 0 bridgehead atoms. The highest BCUT2D eigenvalue weighted by Gasteiger charge is 2.19. The Kier molecular flexibility index (Phi) is 7.52. The average molecular weight is 619 g/mol. The molecule has 230 valence electrons. The monoisotopic (exact) mass is 618 g/mol. The second kappa shape index (κ2) is 12.4. The number of H-pyrrole nitrogens is 1. The maximum absolute atomic E-state index is 4.34. The van der Waals surface area contributed by atoms with Crippen molar-refractivity contribution >= 4 is 60.9 Å². The average Bonchev–Trinajstić information content (AvgIpc) is 3.73. The Morgan fingerprint density at radius 3 is 2.04 bits per heavy atom. The van der Waals surface area contributed by atoms with Gasteiger partial charge in [-0.25, -0.2) is 0 Å². The third-order valence-corrected chi connectivity index (χ3v) is 8.93. The summed E-state index contributed by atoms with van der Waals surface area (Å²) in [6.07, 6.45) is 1.98. The van der Waals surface area contributed by atoms with Gasteiger partial charge in [-0.15, -0.1) is 0 Å². The molecule has 0 atom stereocenters. The van der Waals surface area contributed by atoms with Crippen LogP contribution < -0.4 is 5.32 Å². The van der Waals surface area contributed by atoms with Crippen molar-refractivity contribution in [1.82, 2.24) is 14.8 Å². The lowest BCUT2D eigenvalue weighted by atomic mass is 9.99. The summed E-state index contributed by atoms with van der Waals surface area (Å²) in [4.78, 5) is 0. The Bertz CT molecular complexity index is 2540. The van der Waals surface area contributed by atoms with E-state index in [0.717, 1.165) is 39.4 Å². The molecule has 2 N–H and O–H groups in total. The minimum absolute atomic E-state index is 1.02. The third kappa shape index (κ3) is 5.20. The van der Waals surface area contributed by atoms with Gasteiger partial charge in [-0.05, 0) is 66.2 Å². The summed E-state index contributed by atoms with van der Waals surface area (Å²) < 4.78 is 2.37. The van der Waals surface area contributed by atoms with Gasteiger partial charge in [0.05, 0.1) is 22.2 Å². The molecule has 0 aliphatic carbocycles. The summed E-state index contributed by atoms with van der Waals surface area (Å²) in [7, 11) is 0. The summed E-state index contributed by atoms with van der Waals surface area (Å²) in [6, 6.07) is 54.9. The van der Waals surface area contributed by atoms with E-state index in [1.165, 1.54) is 43.5 Å². The largest absolute Gasteiger partial charge is 0.355 e. The summed E-state index contributed by atoms with van der Waals surface area (Å²) in [6.45, 7) is 6.34. The molecule has 4 nitrogen and oxygen atoms in total. The van der Waals surface area contributed by atoms with Crippen LogP contribution in [0.1, 0.15) is 11.1 Å². The van der Waals surface area contributed by atoms with Crippen LogP contribution in [0.5, 0.6) is 0 Å². The zero-order valence-electron chi connectivity index (χ0n) is 26.7. The van der Waals surface area contributed by atoms with Crippen molar-refractivity contribution < 1.29 is 0 Å². The number of hydrogen-bond donors (Lipinski definition) is 2. The van der Waals surface area contributed by atoms with Crippen molar-refractivity contribution in [2.24, 2.45) is 0 Å². The van der Waals surface area contributed by atoms with Gasteiger partial charge < -0.3 is 9.88 Å². The van der Waals surface area contributed by atoms with Crippen LogP contribution in [0.4, 0.5) is 11.4 Å². The van der Waals surface area contributed by atoms with Gasteiger partial charge in [0.2, 0.25) is 0 Å². The molecule has 9 rings (SSSR count). The Labute approximate surface area is 279 Å². The maximum Gasteiger partial charge on any atom is 0.0999 e. The molecule has 48 heavy (non-hydrogen) atoms. The molecule has 0 saturated heterocycles. The van der Waals surface area contributed by atoms with Gasteiger partial charge in [0.25, 0.3) is 0 Å². The highest BCUT2D eigenvalue weighted by Crippen LogP contribution is 2.41. The molecular formula is C44H34N4. The van der Waals surface area contributed by atoms with Crippen molar-refractivity contribution in [2.45, 2.75) is 6.92 Å². The van der Waals surface area contributed by atoms with E-state index in [1.54, 1.807) is 0 Å². The van der Waals surface area contributed by atoms with Crippen molar-refractivity contribution in [1.29, 1.82) is 0 Å². The Balaban J connectivity index is 0.000000186. The van der Waals surface area contributed by atoms with Crippen molar-refractivity contribution in [3.05, 3.63) is 175 Å². The van der Waals surface area contributed by atoms with Gasteiger partial charge in [0.1, 0.15) is 0 Å². The van der Waals surface area contributed by atoms with E-state index in [4.69, 9.17) is 0 Å². The van der Waals surface area contributed by atoms with E-state index in [-0.39, 0.29) is 0 Å². The first-order valence-corrected chi connectivity index (χ1v) is 16.2. The molecule has 2 aromatic heterocycles. The molecular weight excluding hydrogens is 585 g/mol. The van der Waals surface area contributed by atoms with Crippen LogP contribution in [0.2, 0.25) is 0 Å². The van der Waals surface area contributed by atoms with Crippen LogP contribution >= 0.6 is 0 Å². The number of rotatable bonds is 5. The first-order chi connectivity index (χ1) is 23.7. The van der Waals surface area contributed by atoms with E-state index < -0.39 is 0 Å². The zero-order valence-corrected chi connectivity index (χ0v) is 26.7. The SMILES string of the molecule is C=Cc1c(Nc2ccccc2)ccc2c1c1c3ccccc3ccc1n2-c1ccc(C)cc1.c1ccc(-c2n[nH]c3ccccc23)cc1. The number of nitrogens with zero attached hydrogens (tertiary/aromatic N) is 2. The van der Waals surface area contributed by atoms with Crippen molar-refractivity contribution in [3.8, 4) is 16.9 Å². The van der Waals surface area contributed by atoms with Crippen LogP contribution in [0.25, 0.3) is 66.5 Å². The number of hydrogen-bond acceptors (Lipinski definition) is 2. The number of aryl methyl sites for hydroxylation is 1. The van der Waals surface area contributed by atoms with Gasteiger partial charge in [-0.2, -0.15) is 5.10 Å². The lowest BCUT2D eigenvalue weighted by molar-refractivity contribution is 1.12. The predicted molar refractivity (Wildman–Crippen MR) is 204 cm³/mol. The van der Waals surface area contributed by atoms with Crippen LogP contribution in [-0.2, 0) is 0 Å². The second-order valence-electron chi connectivity index (χ2n) is 12.0.